The predicted molar refractivity (Wildman–Crippen MR) is 80.0 cm³/mol. The van der Waals surface area contributed by atoms with Crippen LogP contribution in [0.2, 0.25) is 0 Å². The summed E-state index contributed by atoms with van der Waals surface area (Å²) < 4.78 is 0. The number of hydrogen-bond donors (Lipinski definition) is 1. The fraction of sp³-hybridized carbons (Fsp3) is 0.500. The molecule has 1 unspecified atom stereocenters. The zero-order chi connectivity index (χ0) is 13.7. The molecule has 0 amide bonds. The summed E-state index contributed by atoms with van der Waals surface area (Å²) in [6, 6.07) is 6.61. The van der Waals surface area contributed by atoms with E-state index in [9.17, 15) is 0 Å². The van der Waals surface area contributed by atoms with E-state index in [0.29, 0.717) is 6.04 Å². The van der Waals surface area contributed by atoms with Crippen LogP contribution < -0.4 is 5.32 Å². The van der Waals surface area contributed by atoms with Gasteiger partial charge in [-0.25, -0.2) is 0 Å². The number of benzene rings is 1. The van der Waals surface area contributed by atoms with Gasteiger partial charge in [0.05, 0.1) is 11.0 Å². The summed E-state index contributed by atoms with van der Waals surface area (Å²) in [6.07, 6.45) is 7.17. The quantitative estimate of drug-likeness (QED) is 0.857. The Hall–Kier alpha value is -1.48. The van der Waals surface area contributed by atoms with Crippen molar-refractivity contribution in [2.75, 3.05) is 7.05 Å². The van der Waals surface area contributed by atoms with Gasteiger partial charge in [-0.15, -0.1) is 0 Å². The van der Waals surface area contributed by atoms with Crippen molar-refractivity contribution in [3.05, 3.63) is 36.2 Å². The van der Waals surface area contributed by atoms with Gasteiger partial charge in [0.1, 0.15) is 0 Å². The Balaban J connectivity index is 2.20. The van der Waals surface area contributed by atoms with Gasteiger partial charge < -0.3 is 5.32 Å². The number of para-hydroxylation sites is 1. The third-order valence-corrected chi connectivity index (χ3v) is 3.53. The molecular weight excluding hydrogens is 234 g/mol. The van der Waals surface area contributed by atoms with Crippen molar-refractivity contribution in [2.24, 2.45) is 5.92 Å². The second-order valence-electron chi connectivity index (χ2n) is 5.44. The van der Waals surface area contributed by atoms with Crippen LogP contribution in [0.5, 0.6) is 0 Å². The first-order chi connectivity index (χ1) is 9.22. The number of nitrogens with zero attached hydrogens (tertiary/aromatic N) is 2. The summed E-state index contributed by atoms with van der Waals surface area (Å²) in [7, 11) is 2.02. The van der Waals surface area contributed by atoms with Gasteiger partial charge in [-0.1, -0.05) is 38.8 Å². The van der Waals surface area contributed by atoms with E-state index in [1.165, 1.54) is 18.4 Å². The van der Waals surface area contributed by atoms with Gasteiger partial charge >= 0.3 is 0 Å². The molecule has 1 aromatic carbocycles. The molecule has 0 saturated carbocycles. The summed E-state index contributed by atoms with van der Waals surface area (Å²) in [5, 5.41) is 3.42. The standard InChI is InChI=1S/C16H23N3/c1-12(2)6-4-8-14(17-3)13-7-5-9-15-16(13)19-11-10-18-15/h5,7,9-12,14,17H,4,6,8H2,1-3H3. The minimum absolute atomic E-state index is 0.360. The highest BCUT2D eigenvalue weighted by Crippen LogP contribution is 2.25. The second-order valence-corrected chi connectivity index (χ2v) is 5.44. The van der Waals surface area contributed by atoms with Gasteiger partial charge in [-0.3, -0.25) is 9.97 Å². The van der Waals surface area contributed by atoms with Crippen LogP contribution in [0.4, 0.5) is 0 Å². The molecule has 1 heterocycles. The van der Waals surface area contributed by atoms with Crippen molar-refractivity contribution in [1.82, 2.24) is 15.3 Å². The molecule has 19 heavy (non-hydrogen) atoms. The van der Waals surface area contributed by atoms with E-state index in [1.54, 1.807) is 12.4 Å². The SMILES string of the molecule is CNC(CCCC(C)C)c1cccc2nccnc12. The number of nitrogens with one attached hydrogen (secondary N) is 1. The van der Waals surface area contributed by atoms with Crippen LogP contribution in [-0.2, 0) is 0 Å². The van der Waals surface area contributed by atoms with Gasteiger partial charge in [0.25, 0.3) is 0 Å². The van der Waals surface area contributed by atoms with Crippen molar-refractivity contribution in [1.29, 1.82) is 0 Å². The summed E-state index contributed by atoms with van der Waals surface area (Å²) in [6.45, 7) is 4.55. The van der Waals surface area contributed by atoms with Crippen molar-refractivity contribution < 1.29 is 0 Å². The molecule has 0 bridgehead atoms. The zero-order valence-electron chi connectivity index (χ0n) is 12.1. The lowest BCUT2D eigenvalue weighted by Crippen LogP contribution is -2.17. The maximum Gasteiger partial charge on any atom is 0.0934 e. The minimum Gasteiger partial charge on any atom is -0.313 e. The van der Waals surface area contributed by atoms with E-state index in [-0.39, 0.29) is 0 Å². The maximum absolute atomic E-state index is 4.49. The molecule has 102 valence electrons. The zero-order valence-corrected chi connectivity index (χ0v) is 12.1. The molecule has 2 aromatic rings. The molecule has 2 rings (SSSR count). The van der Waals surface area contributed by atoms with Gasteiger partial charge in [0.2, 0.25) is 0 Å². The number of fused-ring (bicyclic) bond motifs is 1. The first-order valence-corrected chi connectivity index (χ1v) is 7.09. The van der Waals surface area contributed by atoms with Crippen LogP contribution in [-0.4, -0.2) is 17.0 Å². The van der Waals surface area contributed by atoms with E-state index in [0.717, 1.165) is 23.4 Å². The fourth-order valence-electron chi connectivity index (χ4n) is 2.48. The number of aromatic nitrogens is 2. The van der Waals surface area contributed by atoms with Crippen LogP contribution in [0.25, 0.3) is 11.0 Å². The Morgan fingerprint density at radius 1 is 1.11 bits per heavy atom. The molecule has 0 radical (unpaired) electrons. The first-order valence-electron chi connectivity index (χ1n) is 7.09. The molecule has 0 aliphatic heterocycles. The summed E-state index contributed by atoms with van der Waals surface area (Å²) >= 11 is 0. The Kier molecular flexibility index (Phi) is 4.86. The van der Waals surface area contributed by atoms with Crippen LogP contribution in [0.3, 0.4) is 0 Å². The van der Waals surface area contributed by atoms with Crippen LogP contribution in [0, 0.1) is 5.92 Å². The molecule has 0 fully saturated rings. The third-order valence-electron chi connectivity index (χ3n) is 3.53. The van der Waals surface area contributed by atoms with Crippen LogP contribution in [0.1, 0.15) is 44.7 Å². The molecule has 0 aliphatic rings. The Labute approximate surface area is 115 Å². The molecule has 0 saturated heterocycles. The van der Waals surface area contributed by atoms with Crippen molar-refractivity contribution in [3.8, 4) is 0 Å². The topological polar surface area (TPSA) is 37.8 Å². The smallest absolute Gasteiger partial charge is 0.0934 e. The number of hydrogen-bond acceptors (Lipinski definition) is 3. The van der Waals surface area contributed by atoms with Crippen LogP contribution in [0.15, 0.2) is 30.6 Å². The van der Waals surface area contributed by atoms with Crippen molar-refractivity contribution >= 4 is 11.0 Å². The first kappa shape index (κ1) is 13.9. The van der Waals surface area contributed by atoms with E-state index >= 15 is 0 Å². The van der Waals surface area contributed by atoms with Gasteiger partial charge in [0, 0.05) is 18.4 Å². The predicted octanol–water partition coefficient (Wildman–Crippen LogP) is 3.72. The Bertz CT molecular complexity index is 517. The summed E-state index contributed by atoms with van der Waals surface area (Å²) in [5.41, 5.74) is 3.26. The highest BCUT2D eigenvalue weighted by atomic mass is 14.9. The normalized spacial score (nSPS) is 13.1. The fourth-order valence-corrected chi connectivity index (χ4v) is 2.48. The van der Waals surface area contributed by atoms with Crippen LogP contribution >= 0.6 is 0 Å². The average molecular weight is 257 g/mol. The molecule has 0 spiro atoms. The highest BCUT2D eigenvalue weighted by Gasteiger charge is 2.13. The van der Waals surface area contributed by atoms with E-state index in [1.807, 2.05) is 13.1 Å². The molecule has 3 heteroatoms. The van der Waals surface area contributed by atoms with Crippen molar-refractivity contribution in [3.63, 3.8) is 0 Å². The van der Waals surface area contributed by atoms with E-state index in [4.69, 9.17) is 0 Å². The van der Waals surface area contributed by atoms with E-state index in [2.05, 4.69) is 41.3 Å². The third kappa shape index (κ3) is 3.51. The van der Waals surface area contributed by atoms with E-state index < -0.39 is 0 Å². The monoisotopic (exact) mass is 257 g/mol. The summed E-state index contributed by atoms with van der Waals surface area (Å²) in [4.78, 5) is 8.87. The van der Waals surface area contributed by atoms with Crippen molar-refractivity contribution in [2.45, 2.75) is 39.2 Å². The van der Waals surface area contributed by atoms with Gasteiger partial charge in [0.15, 0.2) is 0 Å². The maximum atomic E-state index is 4.49. The molecule has 1 N–H and O–H groups in total. The molecular formula is C16H23N3. The van der Waals surface area contributed by atoms with Gasteiger partial charge in [-0.2, -0.15) is 0 Å². The highest BCUT2D eigenvalue weighted by molar-refractivity contribution is 5.78. The Morgan fingerprint density at radius 3 is 2.63 bits per heavy atom. The molecule has 1 aromatic heterocycles. The minimum atomic E-state index is 0.360. The average Bonchev–Trinajstić information content (AvgIpc) is 2.43. The second kappa shape index (κ2) is 6.62. The summed E-state index contributed by atoms with van der Waals surface area (Å²) in [5.74, 6) is 0.768. The number of rotatable bonds is 6. The molecule has 1 atom stereocenters. The lowest BCUT2D eigenvalue weighted by atomic mass is 9.97. The largest absolute Gasteiger partial charge is 0.313 e. The molecule has 0 aliphatic carbocycles. The molecule has 3 nitrogen and oxygen atoms in total. The lowest BCUT2D eigenvalue weighted by Gasteiger charge is -2.18. The van der Waals surface area contributed by atoms with Gasteiger partial charge in [-0.05, 0) is 31.0 Å². The Morgan fingerprint density at radius 2 is 1.89 bits per heavy atom. The lowest BCUT2D eigenvalue weighted by molar-refractivity contribution is 0.472.